The Labute approximate surface area is 202 Å². The number of morpholine rings is 1. The van der Waals surface area contributed by atoms with Gasteiger partial charge in [-0.15, -0.1) is 0 Å². The van der Waals surface area contributed by atoms with Crippen LogP contribution < -0.4 is 15.4 Å². The summed E-state index contributed by atoms with van der Waals surface area (Å²) in [7, 11) is 0. The number of carbonyl (C=O) groups excluding carboxylic acids is 1. The van der Waals surface area contributed by atoms with Gasteiger partial charge in [0.05, 0.1) is 30.1 Å². The van der Waals surface area contributed by atoms with Crippen LogP contribution in [0, 0.1) is 0 Å². The van der Waals surface area contributed by atoms with Crippen LogP contribution in [0.15, 0.2) is 35.5 Å². The minimum atomic E-state index is -4.49. The molecule has 0 aliphatic carbocycles. The Morgan fingerprint density at radius 3 is 2.56 bits per heavy atom. The average molecular weight is 504 g/mol. The van der Waals surface area contributed by atoms with Gasteiger partial charge in [-0.05, 0) is 12.1 Å². The number of pyridine rings is 1. The lowest BCUT2D eigenvalue weighted by molar-refractivity contribution is -0.138. The molecular formula is C22H23F3N8O3. The van der Waals surface area contributed by atoms with Gasteiger partial charge in [-0.3, -0.25) is 14.6 Å². The number of anilines is 2. The van der Waals surface area contributed by atoms with Crippen LogP contribution in [0.4, 0.5) is 24.9 Å². The number of carbonyl (C=O) groups is 1. The van der Waals surface area contributed by atoms with Crippen molar-refractivity contribution in [2.45, 2.75) is 18.7 Å². The third-order valence-electron chi connectivity index (χ3n) is 6.25. The van der Waals surface area contributed by atoms with Gasteiger partial charge in [0.25, 0.3) is 5.56 Å². The summed E-state index contributed by atoms with van der Waals surface area (Å²) in [6.45, 7) is 2.97. The molecule has 0 bridgehead atoms. The Bertz CT molecular complexity index is 1290. The van der Waals surface area contributed by atoms with Crippen molar-refractivity contribution < 1.29 is 22.7 Å². The average Bonchev–Trinajstić information content (AvgIpc) is 2.89. The third kappa shape index (κ3) is 4.94. The van der Waals surface area contributed by atoms with E-state index in [0.29, 0.717) is 62.6 Å². The molecule has 190 valence electrons. The number of nitrogens with zero attached hydrogens (tertiary/aromatic N) is 7. The molecule has 0 spiro atoms. The Kier molecular flexibility index (Phi) is 6.43. The largest absolute Gasteiger partial charge is 0.419 e. The Morgan fingerprint density at radius 1 is 1.08 bits per heavy atom. The minimum absolute atomic E-state index is 0.0766. The van der Waals surface area contributed by atoms with Gasteiger partial charge < -0.3 is 19.4 Å². The number of hydrogen-bond donors (Lipinski definition) is 1. The highest BCUT2D eigenvalue weighted by Crippen LogP contribution is 2.28. The maximum absolute atomic E-state index is 12.9. The van der Waals surface area contributed by atoms with Crippen molar-refractivity contribution in [3.63, 3.8) is 0 Å². The molecule has 2 aliphatic heterocycles. The van der Waals surface area contributed by atoms with Gasteiger partial charge >= 0.3 is 6.18 Å². The monoisotopic (exact) mass is 504 g/mol. The van der Waals surface area contributed by atoms with Gasteiger partial charge in [0.1, 0.15) is 5.52 Å². The molecule has 11 nitrogen and oxygen atoms in total. The quantitative estimate of drug-likeness (QED) is 0.556. The fourth-order valence-electron chi connectivity index (χ4n) is 4.35. The zero-order valence-electron chi connectivity index (χ0n) is 19.1. The fraction of sp³-hybridized carbons (Fsp3) is 0.455. The standard InChI is InChI=1S/C22H23F3N8O3/c23-22(24,25)14-11-27-21(28-12-14)32-6-4-31(5-7-32)17(34)10-15-13-33(8-9-36-15)19-18-16(2-1-3-26-18)20(35)30-29-19/h1-3,11-12,15H,4-10,13H2,(H,30,35)/t15-/m0/s1. The second kappa shape index (κ2) is 9.68. The van der Waals surface area contributed by atoms with Gasteiger partial charge in [-0.1, -0.05) is 0 Å². The molecule has 0 aromatic carbocycles. The van der Waals surface area contributed by atoms with Gasteiger partial charge in [0.15, 0.2) is 5.82 Å². The molecule has 2 aliphatic rings. The molecule has 2 saturated heterocycles. The molecule has 3 aromatic rings. The number of amides is 1. The molecule has 1 atom stereocenters. The van der Waals surface area contributed by atoms with E-state index in [9.17, 15) is 22.8 Å². The number of aromatic nitrogens is 5. The molecule has 0 radical (unpaired) electrons. The summed E-state index contributed by atoms with van der Waals surface area (Å²) in [5, 5.41) is 7.13. The first-order chi connectivity index (χ1) is 17.3. The number of ether oxygens (including phenoxy) is 1. The molecule has 36 heavy (non-hydrogen) atoms. The number of H-pyrrole nitrogens is 1. The van der Waals surface area contributed by atoms with Gasteiger partial charge in [-0.2, -0.15) is 18.3 Å². The first-order valence-electron chi connectivity index (χ1n) is 11.4. The number of alkyl halides is 3. The highest BCUT2D eigenvalue weighted by molar-refractivity contribution is 5.87. The van der Waals surface area contributed by atoms with E-state index < -0.39 is 11.7 Å². The summed E-state index contributed by atoms with van der Waals surface area (Å²) in [5.74, 6) is 0.666. The molecule has 0 saturated carbocycles. The summed E-state index contributed by atoms with van der Waals surface area (Å²) >= 11 is 0. The molecule has 14 heteroatoms. The van der Waals surface area contributed by atoms with Crippen LogP contribution in [-0.2, 0) is 15.7 Å². The van der Waals surface area contributed by atoms with E-state index in [-0.39, 0.29) is 29.9 Å². The van der Waals surface area contributed by atoms with Crippen molar-refractivity contribution >= 4 is 28.6 Å². The molecule has 1 amide bonds. The van der Waals surface area contributed by atoms with Crippen molar-refractivity contribution in [3.05, 3.63) is 46.6 Å². The van der Waals surface area contributed by atoms with Crippen LogP contribution in [0.5, 0.6) is 0 Å². The highest BCUT2D eigenvalue weighted by Gasteiger charge is 2.32. The van der Waals surface area contributed by atoms with Crippen LogP contribution in [0.3, 0.4) is 0 Å². The number of hydrogen-bond acceptors (Lipinski definition) is 9. The summed E-state index contributed by atoms with van der Waals surface area (Å²) in [5.41, 5.74) is -0.722. The van der Waals surface area contributed by atoms with E-state index in [0.717, 1.165) is 12.4 Å². The van der Waals surface area contributed by atoms with Gasteiger partial charge in [0, 0.05) is 57.9 Å². The summed E-state index contributed by atoms with van der Waals surface area (Å²) in [4.78, 5) is 42.4. The molecule has 1 N–H and O–H groups in total. The molecular weight excluding hydrogens is 481 g/mol. The summed E-state index contributed by atoms with van der Waals surface area (Å²) in [6.07, 6.45) is -1.55. The Balaban J connectivity index is 1.18. The first-order valence-corrected chi connectivity index (χ1v) is 11.4. The topological polar surface area (TPSA) is 120 Å². The van der Waals surface area contributed by atoms with Crippen LogP contribution in [0.2, 0.25) is 0 Å². The van der Waals surface area contributed by atoms with Gasteiger partial charge in [-0.25, -0.2) is 15.1 Å². The number of nitrogens with one attached hydrogen (secondary N) is 1. The maximum Gasteiger partial charge on any atom is 0.419 e. The smallest absolute Gasteiger partial charge is 0.374 e. The van der Waals surface area contributed by atoms with Crippen LogP contribution in [0.25, 0.3) is 10.9 Å². The first kappa shape index (κ1) is 23.9. The van der Waals surface area contributed by atoms with E-state index in [1.165, 1.54) is 0 Å². The second-order valence-electron chi connectivity index (χ2n) is 8.56. The SMILES string of the molecule is O=C(C[C@H]1CN(c2n[nH]c(=O)c3cccnc23)CCO1)N1CCN(c2ncc(C(F)(F)F)cn2)CC1. The van der Waals surface area contributed by atoms with Gasteiger partial charge in [0.2, 0.25) is 11.9 Å². The highest BCUT2D eigenvalue weighted by atomic mass is 19.4. The van der Waals surface area contributed by atoms with E-state index in [1.54, 1.807) is 28.1 Å². The molecule has 2 fully saturated rings. The molecule has 0 unspecified atom stereocenters. The van der Waals surface area contributed by atoms with E-state index in [1.807, 2.05) is 4.90 Å². The van der Waals surface area contributed by atoms with E-state index >= 15 is 0 Å². The third-order valence-corrected chi connectivity index (χ3v) is 6.25. The lowest BCUT2D eigenvalue weighted by Gasteiger charge is -2.37. The van der Waals surface area contributed by atoms with Crippen LogP contribution in [0.1, 0.15) is 12.0 Å². The summed E-state index contributed by atoms with van der Waals surface area (Å²) in [6, 6.07) is 3.37. The predicted molar refractivity (Wildman–Crippen MR) is 123 cm³/mol. The number of halogens is 3. The molecule has 5 rings (SSSR count). The van der Waals surface area contributed by atoms with E-state index in [4.69, 9.17) is 4.74 Å². The lowest BCUT2D eigenvalue weighted by atomic mass is 10.1. The zero-order chi connectivity index (χ0) is 25.3. The normalized spacial score (nSPS) is 19.1. The number of rotatable bonds is 4. The number of fused-ring (bicyclic) bond motifs is 1. The number of piperazine rings is 1. The molecule has 3 aromatic heterocycles. The molecule has 5 heterocycles. The predicted octanol–water partition coefficient (Wildman–Crippen LogP) is 1.07. The van der Waals surface area contributed by atoms with Crippen molar-refractivity contribution in [3.8, 4) is 0 Å². The minimum Gasteiger partial charge on any atom is -0.374 e. The lowest BCUT2D eigenvalue weighted by Crippen LogP contribution is -2.51. The van der Waals surface area contributed by atoms with Crippen LogP contribution >= 0.6 is 0 Å². The van der Waals surface area contributed by atoms with Crippen molar-refractivity contribution in [1.82, 2.24) is 30.0 Å². The maximum atomic E-state index is 12.9. The van der Waals surface area contributed by atoms with Crippen LogP contribution in [-0.4, -0.2) is 87.9 Å². The van der Waals surface area contributed by atoms with Crippen molar-refractivity contribution in [2.24, 2.45) is 0 Å². The Morgan fingerprint density at radius 2 is 1.83 bits per heavy atom. The zero-order valence-corrected chi connectivity index (χ0v) is 19.1. The number of aromatic amines is 1. The second-order valence-corrected chi connectivity index (χ2v) is 8.56. The van der Waals surface area contributed by atoms with E-state index in [2.05, 4.69) is 25.1 Å². The fourth-order valence-corrected chi connectivity index (χ4v) is 4.35. The van der Waals surface area contributed by atoms with Crippen molar-refractivity contribution in [1.29, 1.82) is 0 Å². The van der Waals surface area contributed by atoms with Crippen molar-refractivity contribution in [2.75, 3.05) is 55.7 Å². The summed E-state index contributed by atoms with van der Waals surface area (Å²) < 4.78 is 44.0. The Hall–Kier alpha value is -3.81.